The van der Waals surface area contributed by atoms with Crippen LogP contribution in [0.1, 0.15) is 16.7 Å². The molecule has 1 fully saturated rings. The van der Waals surface area contributed by atoms with Crippen molar-refractivity contribution in [2.24, 2.45) is 0 Å². The second-order valence-corrected chi connectivity index (χ2v) is 8.59. The van der Waals surface area contributed by atoms with Crippen molar-refractivity contribution in [3.05, 3.63) is 47.0 Å². The third-order valence-corrected chi connectivity index (χ3v) is 6.85. The highest BCUT2D eigenvalue weighted by molar-refractivity contribution is 7.22. The standard InChI is InChI=1S/C22H23N3O3S/c1-14-3-6-19-21(15(14)2)23-22(29-19)25-9-7-24(8-10-25)20(26)12-16-4-5-17-18(11-16)28-13-27-17/h3-6,11H,7-10,12-13H2,1-2H3. The third kappa shape index (κ3) is 3.40. The van der Waals surface area contributed by atoms with Crippen LogP contribution >= 0.6 is 11.3 Å². The van der Waals surface area contributed by atoms with E-state index in [0.717, 1.165) is 53.9 Å². The quantitative estimate of drug-likeness (QED) is 0.662. The Balaban J connectivity index is 1.23. The number of rotatable bonds is 3. The van der Waals surface area contributed by atoms with Crippen LogP contribution in [0.4, 0.5) is 5.13 Å². The Morgan fingerprint density at radius 2 is 1.86 bits per heavy atom. The number of carbonyl (C=O) groups is 1. The Bertz CT molecular complexity index is 1090. The SMILES string of the molecule is Cc1ccc2sc(N3CCN(C(=O)Cc4ccc5c(c4)OCO5)CC3)nc2c1C. The number of thiazole rings is 1. The molecule has 3 aromatic rings. The van der Waals surface area contributed by atoms with Crippen molar-refractivity contribution in [2.45, 2.75) is 20.3 Å². The molecule has 2 aliphatic rings. The van der Waals surface area contributed by atoms with E-state index in [2.05, 4.69) is 30.9 Å². The van der Waals surface area contributed by atoms with E-state index in [1.807, 2.05) is 23.1 Å². The number of anilines is 1. The van der Waals surface area contributed by atoms with Crippen molar-refractivity contribution in [3.63, 3.8) is 0 Å². The molecule has 1 saturated heterocycles. The minimum Gasteiger partial charge on any atom is -0.454 e. The Kier molecular flexibility index (Phi) is 4.54. The summed E-state index contributed by atoms with van der Waals surface area (Å²) >= 11 is 1.74. The first-order chi connectivity index (χ1) is 14.1. The molecule has 150 valence electrons. The summed E-state index contributed by atoms with van der Waals surface area (Å²) in [6.07, 6.45) is 0.385. The van der Waals surface area contributed by atoms with Crippen molar-refractivity contribution >= 4 is 32.6 Å². The van der Waals surface area contributed by atoms with E-state index >= 15 is 0 Å². The first-order valence-electron chi connectivity index (χ1n) is 9.86. The van der Waals surface area contributed by atoms with Crippen LogP contribution in [0, 0.1) is 13.8 Å². The fourth-order valence-corrected chi connectivity index (χ4v) is 4.91. The first kappa shape index (κ1) is 18.2. The second kappa shape index (κ2) is 7.22. The Morgan fingerprint density at radius 1 is 1.07 bits per heavy atom. The minimum absolute atomic E-state index is 0.152. The number of piperazine rings is 1. The van der Waals surface area contributed by atoms with Gasteiger partial charge in [0.25, 0.3) is 0 Å². The lowest BCUT2D eigenvalue weighted by molar-refractivity contribution is -0.130. The molecule has 5 rings (SSSR count). The van der Waals surface area contributed by atoms with Gasteiger partial charge in [-0.3, -0.25) is 4.79 Å². The number of carbonyl (C=O) groups excluding carboxylic acids is 1. The van der Waals surface area contributed by atoms with Crippen molar-refractivity contribution in [3.8, 4) is 11.5 Å². The van der Waals surface area contributed by atoms with Gasteiger partial charge in [-0.15, -0.1) is 0 Å². The van der Waals surface area contributed by atoms with Crippen LogP contribution in [-0.2, 0) is 11.2 Å². The summed E-state index contributed by atoms with van der Waals surface area (Å²) in [6.45, 7) is 7.57. The molecule has 2 aliphatic heterocycles. The van der Waals surface area contributed by atoms with Gasteiger partial charge in [0.05, 0.1) is 16.6 Å². The molecule has 6 nitrogen and oxygen atoms in total. The molecule has 2 aromatic carbocycles. The highest BCUT2D eigenvalue weighted by Gasteiger charge is 2.24. The van der Waals surface area contributed by atoms with E-state index in [-0.39, 0.29) is 12.7 Å². The maximum atomic E-state index is 12.8. The zero-order valence-corrected chi connectivity index (χ0v) is 17.4. The Labute approximate surface area is 173 Å². The number of benzene rings is 2. The highest BCUT2D eigenvalue weighted by Crippen LogP contribution is 2.33. The van der Waals surface area contributed by atoms with Gasteiger partial charge in [0.2, 0.25) is 12.7 Å². The zero-order valence-electron chi connectivity index (χ0n) is 16.6. The molecule has 0 unspecified atom stereocenters. The molecule has 0 bridgehead atoms. The van der Waals surface area contributed by atoms with E-state index < -0.39 is 0 Å². The van der Waals surface area contributed by atoms with E-state index in [1.54, 1.807) is 11.3 Å². The summed E-state index contributed by atoms with van der Waals surface area (Å²) < 4.78 is 12.0. The van der Waals surface area contributed by atoms with Crippen molar-refractivity contribution in [1.82, 2.24) is 9.88 Å². The number of hydrogen-bond acceptors (Lipinski definition) is 6. The topological polar surface area (TPSA) is 54.9 Å². The van der Waals surface area contributed by atoms with Gasteiger partial charge >= 0.3 is 0 Å². The Morgan fingerprint density at radius 3 is 2.69 bits per heavy atom. The number of amides is 1. The summed E-state index contributed by atoms with van der Waals surface area (Å²) in [5, 5.41) is 1.05. The van der Waals surface area contributed by atoms with Crippen molar-refractivity contribution in [1.29, 1.82) is 0 Å². The molecule has 1 amide bonds. The van der Waals surface area contributed by atoms with Crippen LogP contribution in [0.3, 0.4) is 0 Å². The fourth-order valence-electron chi connectivity index (χ4n) is 3.83. The molecule has 1 aromatic heterocycles. The smallest absolute Gasteiger partial charge is 0.231 e. The van der Waals surface area contributed by atoms with Crippen LogP contribution in [0.2, 0.25) is 0 Å². The van der Waals surface area contributed by atoms with Crippen molar-refractivity contribution in [2.75, 3.05) is 37.9 Å². The van der Waals surface area contributed by atoms with Crippen molar-refractivity contribution < 1.29 is 14.3 Å². The van der Waals surface area contributed by atoms with Gasteiger partial charge in [-0.2, -0.15) is 0 Å². The number of aromatic nitrogens is 1. The lowest BCUT2D eigenvalue weighted by Gasteiger charge is -2.34. The summed E-state index contributed by atoms with van der Waals surface area (Å²) in [5.74, 6) is 1.62. The van der Waals surface area contributed by atoms with Crippen LogP contribution < -0.4 is 14.4 Å². The Hall–Kier alpha value is -2.80. The molecule has 3 heterocycles. The second-order valence-electron chi connectivity index (χ2n) is 7.58. The van der Waals surface area contributed by atoms with Crippen LogP contribution in [0.25, 0.3) is 10.2 Å². The fraction of sp³-hybridized carbons (Fsp3) is 0.364. The van der Waals surface area contributed by atoms with Gasteiger partial charge in [0, 0.05) is 26.2 Å². The summed E-state index contributed by atoms with van der Waals surface area (Å²) in [4.78, 5) is 21.9. The molecular formula is C22H23N3O3S. The van der Waals surface area contributed by atoms with Crippen LogP contribution in [-0.4, -0.2) is 48.8 Å². The van der Waals surface area contributed by atoms with E-state index in [0.29, 0.717) is 6.42 Å². The summed E-state index contributed by atoms with van der Waals surface area (Å²) in [6, 6.07) is 10.0. The van der Waals surface area contributed by atoms with Gasteiger partial charge in [-0.05, 0) is 48.7 Å². The molecule has 0 radical (unpaired) electrons. The molecule has 7 heteroatoms. The predicted octanol–water partition coefficient (Wildman–Crippen LogP) is 3.53. The molecule has 0 saturated carbocycles. The monoisotopic (exact) mass is 409 g/mol. The number of fused-ring (bicyclic) bond motifs is 2. The number of aryl methyl sites for hydroxylation is 2. The first-order valence-corrected chi connectivity index (χ1v) is 10.7. The molecule has 29 heavy (non-hydrogen) atoms. The van der Waals surface area contributed by atoms with E-state index in [4.69, 9.17) is 14.5 Å². The lowest BCUT2D eigenvalue weighted by Crippen LogP contribution is -2.49. The summed E-state index contributed by atoms with van der Waals surface area (Å²) in [7, 11) is 0. The largest absolute Gasteiger partial charge is 0.454 e. The van der Waals surface area contributed by atoms with Crippen LogP contribution in [0.5, 0.6) is 11.5 Å². The lowest BCUT2D eigenvalue weighted by atomic mass is 10.1. The molecule has 0 spiro atoms. The van der Waals surface area contributed by atoms with Crippen LogP contribution in [0.15, 0.2) is 30.3 Å². The van der Waals surface area contributed by atoms with E-state index in [1.165, 1.54) is 15.8 Å². The predicted molar refractivity (Wildman–Crippen MR) is 114 cm³/mol. The molecule has 0 aliphatic carbocycles. The number of hydrogen-bond donors (Lipinski definition) is 0. The molecule has 0 atom stereocenters. The van der Waals surface area contributed by atoms with Gasteiger partial charge < -0.3 is 19.3 Å². The number of nitrogens with zero attached hydrogens (tertiary/aromatic N) is 3. The average Bonchev–Trinajstić information content (AvgIpc) is 3.38. The minimum atomic E-state index is 0.152. The van der Waals surface area contributed by atoms with E-state index in [9.17, 15) is 4.79 Å². The summed E-state index contributed by atoms with van der Waals surface area (Å²) in [5.41, 5.74) is 4.58. The van der Waals surface area contributed by atoms with Gasteiger partial charge in [0.1, 0.15) is 0 Å². The normalized spacial score (nSPS) is 15.9. The van der Waals surface area contributed by atoms with Gasteiger partial charge in [-0.25, -0.2) is 4.98 Å². The molecular weight excluding hydrogens is 386 g/mol. The highest BCUT2D eigenvalue weighted by atomic mass is 32.1. The molecule has 0 N–H and O–H groups in total. The number of ether oxygens (including phenoxy) is 2. The third-order valence-electron chi connectivity index (χ3n) is 5.77. The van der Waals surface area contributed by atoms with Gasteiger partial charge in [-0.1, -0.05) is 23.5 Å². The maximum Gasteiger partial charge on any atom is 0.231 e. The van der Waals surface area contributed by atoms with Gasteiger partial charge in [0.15, 0.2) is 16.6 Å². The average molecular weight is 410 g/mol. The zero-order chi connectivity index (χ0) is 20.0. The maximum absolute atomic E-state index is 12.8.